The molecule has 0 saturated carbocycles. The van der Waals surface area contributed by atoms with Crippen LogP contribution in [-0.4, -0.2) is 36.2 Å². The Hall–Kier alpha value is -2.75. The number of anilines is 1. The third kappa shape index (κ3) is 6.13. The van der Waals surface area contributed by atoms with Crippen LogP contribution in [0.1, 0.15) is 42.5 Å². The first-order chi connectivity index (χ1) is 14.6. The third-order valence-corrected chi connectivity index (χ3v) is 5.67. The van der Waals surface area contributed by atoms with Crippen molar-refractivity contribution in [2.45, 2.75) is 32.1 Å². The number of hydrogen-bond acceptors (Lipinski definition) is 5. The van der Waals surface area contributed by atoms with Crippen LogP contribution in [0.25, 0.3) is 0 Å². The maximum atomic E-state index is 14.4. The van der Waals surface area contributed by atoms with Gasteiger partial charge in [-0.05, 0) is 38.5 Å². The first kappa shape index (κ1) is 22.9. The standard InChI is InChI=1S/C21H21ClFN5O2S/c1-21(2,3)31(30)25-11-15-9-16(22)18(23)17(10-15)26-20(29)19-24-13-28(27-19)12-14-7-5-4-6-8-14/h4-11,13H,12H2,1-3H3,(H,26,29)/b25-11+/t31-/m1/s1. The molecule has 0 spiro atoms. The molecule has 1 atom stereocenters. The summed E-state index contributed by atoms with van der Waals surface area (Å²) in [6.45, 7) is 5.80. The van der Waals surface area contributed by atoms with Gasteiger partial charge in [0.25, 0.3) is 5.91 Å². The molecule has 1 aromatic heterocycles. The molecule has 1 heterocycles. The number of carbonyl (C=O) groups excluding carboxylic acids is 1. The van der Waals surface area contributed by atoms with E-state index in [-0.39, 0.29) is 16.5 Å². The average Bonchev–Trinajstić information content (AvgIpc) is 3.18. The summed E-state index contributed by atoms with van der Waals surface area (Å²) in [4.78, 5) is 16.5. The highest BCUT2D eigenvalue weighted by Gasteiger charge is 2.26. The van der Waals surface area contributed by atoms with Crippen molar-refractivity contribution in [3.05, 3.63) is 76.6 Å². The molecule has 0 aliphatic carbocycles. The van der Waals surface area contributed by atoms with Crippen molar-refractivity contribution in [1.29, 1.82) is 0 Å². The summed E-state index contributed by atoms with van der Waals surface area (Å²) in [6, 6.07) is 12.3. The minimum Gasteiger partial charge on any atom is -0.591 e. The lowest BCUT2D eigenvalue weighted by atomic mass is 10.2. The Labute approximate surface area is 187 Å². The van der Waals surface area contributed by atoms with Crippen LogP contribution in [0, 0.1) is 5.82 Å². The summed E-state index contributed by atoms with van der Waals surface area (Å²) >= 11 is 4.46. The molecular formula is C21H21ClFN5O2S. The van der Waals surface area contributed by atoms with E-state index in [1.165, 1.54) is 29.4 Å². The highest BCUT2D eigenvalue weighted by atomic mass is 35.5. The van der Waals surface area contributed by atoms with Gasteiger partial charge in [0.15, 0.2) is 5.82 Å². The van der Waals surface area contributed by atoms with Crippen molar-refractivity contribution in [3.8, 4) is 0 Å². The van der Waals surface area contributed by atoms with Gasteiger partial charge < -0.3 is 9.87 Å². The molecule has 3 rings (SSSR count). The Balaban J connectivity index is 1.75. The molecule has 1 N–H and O–H groups in total. The third-order valence-electron chi connectivity index (χ3n) is 4.05. The number of hydrogen-bond donors (Lipinski definition) is 1. The Morgan fingerprint density at radius 3 is 2.71 bits per heavy atom. The van der Waals surface area contributed by atoms with Crippen molar-refractivity contribution in [1.82, 2.24) is 14.8 Å². The van der Waals surface area contributed by atoms with Crippen molar-refractivity contribution < 1.29 is 13.7 Å². The minimum absolute atomic E-state index is 0.112. The van der Waals surface area contributed by atoms with E-state index < -0.39 is 27.8 Å². The zero-order valence-electron chi connectivity index (χ0n) is 17.2. The highest BCUT2D eigenvalue weighted by Crippen LogP contribution is 2.25. The molecule has 162 valence electrons. The molecule has 0 unspecified atom stereocenters. The lowest BCUT2D eigenvalue weighted by Gasteiger charge is -2.17. The number of nitrogens with one attached hydrogen (secondary N) is 1. The molecule has 0 aliphatic rings. The number of halogens is 2. The van der Waals surface area contributed by atoms with Crippen LogP contribution >= 0.6 is 11.6 Å². The second-order valence-corrected chi connectivity index (χ2v) is 10.0. The SMILES string of the molecule is CC(C)(C)[S@@+]([O-])/N=C/c1cc(Cl)c(F)c(NC(=O)c2ncn(Cc3ccccc3)n2)c1. The Morgan fingerprint density at radius 2 is 2.03 bits per heavy atom. The number of nitrogens with zero attached hydrogens (tertiary/aromatic N) is 4. The van der Waals surface area contributed by atoms with Crippen LogP contribution in [-0.2, 0) is 17.9 Å². The number of benzene rings is 2. The molecule has 0 aliphatic heterocycles. The number of aromatic nitrogens is 3. The summed E-state index contributed by atoms with van der Waals surface area (Å²) in [5.41, 5.74) is 1.23. The molecular weight excluding hydrogens is 441 g/mol. The van der Waals surface area contributed by atoms with E-state index in [1.54, 1.807) is 20.8 Å². The number of carbonyl (C=O) groups is 1. The van der Waals surface area contributed by atoms with Crippen LogP contribution in [0.5, 0.6) is 0 Å². The van der Waals surface area contributed by atoms with Crippen molar-refractivity contribution >= 4 is 40.8 Å². The first-order valence-electron chi connectivity index (χ1n) is 9.33. The summed E-state index contributed by atoms with van der Waals surface area (Å²) in [7, 11) is 0. The van der Waals surface area contributed by atoms with Gasteiger partial charge in [-0.2, -0.15) is 0 Å². The normalized spacial score (nSPS) is 12.8. The molecule has 1 amide bonds. The van der Waals surface area contributed by atoms with E-state index in [9.17, 15) is 13.7 Å². The fourth-order valence-corrected chi connectivity index (χ4v) is 3.23. The van der Waals surface area contributed by atoms with Crippen LogP contribution in [0.3, 0.4) is 0 Å². The van der Waals surface area contributed by atoms with Gasteiger partial charge in [0, 0.05) is 5.56 Å². The van der Waals surface area contributed by atoms with Gasteiger partial charge >= 0.3 is 0 Å². The monoisotopic (exact) mass is 461 g/mol. The molecule has 7 nitrogen and oxygen atoms in total. The summed E-state index contributed by atoms with van der Waals surface area (Å²) in [5.74, 6) is -1.60. The zero-order valence-corrected chi connectivity index (χ0v) is 18.7. The second kappa shape index (κ2) is 9.59. The van der Waals surface area contributed by atoms with Crippen LogP contribution in [0.15, 0.2) is 53.2 Å². The second-order valence-electron chi connectivity index (χ2n) is 7.67. The van der Waals surface area contributed by atoms with Gasteiger partial charge in [-0.15, -0.1) is 5.10 Å². The van der Waals surface area contributed by atoms with Gasteiger partial charge in [0.2, 0.25) is 5.82 Å². The van der Waals surface area contributed by atoms with Crippen molar-refractivity contribution in [2.75, 3.05) is 5.32 Å². The Bertz CT molecular complexity index is 1100. The minimum atomic E-state index is -1.49. The van der Waals surface area contributed by atoms with E-state index in [2.05, 4.69) is 19.8 Å². The van der Waals surface area contributed by atoms with Gasteiger partial charge in [0.05, 0.1) is 23.5 Å². The van der Waals surface area contributed by atoms with E-state index in [0.717, 1.165) is 5.56 Å². The summed E-state index contributed by atoms with van der Waals surface area (Å²) < 4.78 is 31.5. The van der Waals surface area contributed by atoms with Crippen molar-refractivity contribution in [2.24, 2.45) is 4.40 Å². The predicted octanol–water partition coefficient (Wildman–Crippen LogP) is 4.25. The molecule has 2 aromatic carbocycles. The van der Waals surface area contributed by atoms with Gasteiger partial charge in [-0.3, -0.25) is 4.79 Å². The lowest BCUT2D eigenvalue weighted by Crippen LogP contribution is -2.25. The quantitative estimate of drug-likeness (QED) is 0.438. The smallest absolute Gasteiger partial charge is 0.295 e. The van der Waals surface area contributed by atoms with Gasteiger partial charge in [0.1, 0.15) is 22.4 Å². The van der Waals surface area contributed by atoms with E-state index in [1.807, 2.05) is 30.3 Å². The van der Waals surface area contributed by atoms with Crippen LogP contribution in [0.2, 0.25) is 5.02 Å². The molecule has 0 saturated heterocycles. The molecule has 3 aromatic rings. The molecule has 0 bridgehead atoms. The zero-order chi connectivity index (χ0) is 22.6. The largest absolute Gasteiger partial charge is 0.591 e. The highest BCUT2D eigenvalue weighted by molar-refractivity contribution is 7.91. The maximum Gasteiger partial charge on any atom is 0.295 e. The topological polar surface area (TPSA) is 95.2 Å². The molecule has 31 heavy (non-hydrogen) atoms. The fourth-order valence-electron chi connectivity index (χ4n) is 2.47. The first-order valence-corrected chi connectivity index (χ1v) is 10.8. The summed E-state index contributed by atoms with van der Waals surface area (Å²) in [5, 5.41) is 6.36. The number of rotatable bonds is 6. The van der Waals surface area contributed by atoms with E-state index in [0.29, 0.717) is 12.1 Å². The molecule has 0 fully saturated rings. The predicted molar refractivity (Wildman–Crippen MR) is 120 cm³/mol. The Morgan fingerprint density at radius 1 is 1.32 bits per heavy atom. The lowest BCUT2D eigenvalue weighted by molar-refractivity contribution is 0.101. The molecule has 10 heteroatoms. The van der Waals surface area contributed by atoms with E-state index >= 15 is 0 Å². The van der Waals surface area contributed by atoms with Gasteiger partial charge in [-0.1, -0.05) is 46.3 Å². The fraction of sp³-hybridized carbons (Fsp3) is 0.238. The number of amides is 1. The Kier molecular flexibility index (Phi) is 7.09. The van der Waals surface area contributed by atoms with Crippen molar-refractivity contribution in [3.63, 3.8) is 0 Å². The summed E-state index contributed by atoms with van der Waals surface area (Å²) in [6.07, 6.45) is 2.76. The van der Waals surface area contributed by atoms with E-state index in [4.69, 9.17) is 11.6 Å². The average molecular weight is 462 g/mol. The maximum absolute atomic E-state index is 14.4. The van der Waals surface area contributed by atoms with Gasteiger partial charge in [-0.25, -0.2) is 14.1 Å². The molecule has 0 radical (unpaired) electrons. The van der Waals surface area contributed by atoms with Crippen LogP contribution < -0.4 is 5.32 Å². The van der Waals surface area contributed by atoms with Crippen LogP contribution in [0.4, 0.5) is 10.1 Å².